The first-order valence-electron chi connectivity index (χ1n) is 7.41. The molecule has 20 heavy (non-hydrogen) atoms. The molecule has 0 bridgehead atoms. The van der Waals surface area contributed by atoms with Gasteiger partial charge in [-0.1, -0.05) is 37.1 Å². The molecule has 0 saturated heterocycles. The van der Waals surface area contributed by atoms with Crippen LogP contribution >= 0.6 is 0 Å². The fraction of sp³-hybridized carbons (Fsp3) is 0.625. The average molecular weight is 277 g/mol. The summed E-state index contributed by atoms with van der Waals surface area (Å²) < 4.78 is 0. The van der Waals surface area contributed by atoms with Gasteiger partial charge >= 0.3 is 5.97 Å². The number of rotatable bonds is 9. The molecule has 2 rings (SSSR count). The zero-order chi connectivity index (χ0) is 14.6. The average Bonchev–Trinajstić information content (AvgIpc) is 2.84. The molecule has 0 aromatic carbocycles. The fourth-order valence-electron chi connectivity index (χ4n) is 2.93. The highest BCUT2D eigenvalue weighted by molar-refractivity contribution is 5.79. The molecule has 2 atom stereocenters. The number of aliphatic carboxylic acids is 1. The molecular weight excluding hydrogens is 254 g/mol. The van der Waals surface area contributed by atoms with E-state index in [1.165, 1.54) is 0 Å². The van der Waals surface area contributed by atoms with E-state index in [0.717, 1.165) is 25.7 Å². The molecule has 0 heterocycles. The first kappa shape index (κ1) is 15.0. The Labute approximate surface area is 119 Å². The molecule has 2 aliphatic carbocycles. The maximum absolute atomic E-state index is 11.9. The second-order valence-corrected chi connectivity index (χ2v) is 6.02. The third kappa shape index (κ3) is 3.79. The summed E-state index contributed by atoms with van der Waals surface area (Å²) in [5.41, 5.74) is 5.63. The van der Waals surface area contributed by atoms with Crippen LogP contribution in [0.5, 0.6) is 0 Å². The highest BCUT2D eigenvalue weighted by atomic mass is 16.4. The lowest BCUT2D eigenvalue weighted by Gasteiger charge is -2.06. The predicted molar refractivity (Wildman–Crippen MR) is 77.1 cm³/mol. The third-order valence-electron chi connectivity index (χ3n) is 4.39. The molecule has 1 unspecified atom stereocenters. The van der Waals surface area contributed by atoms with E-state index in [9.17, 15) is 9.59 Å². The minimum absolute atomic E-state index is 0.212. The number of nitrogens with two attached hydrogens (primary N) is 1. The van der Waals surface area contributed by atoms with E-state index in [1.807, 2.05) is 0 Å². The lowest BCUT2D eigenvalue weighted by atomic mass is 10.00. The quantitative estimate of drug-likeness (QED) is 0.634. The number of carbonyl (C=O) groups is 2. The summed E-state index contributed by atoms with van der Waals surface area (Å²) >= 11 is 0. The molecule has 1 saturated carbocycles. The van der Waals surface area contributed by atoms with Gasteiger partial charge < -0.3 is 10.8 Å². The summed E-state index contributed by atoms with van der Waals surface area (Å²) in [6.45, 7) is 0. The largest absolute Gasteiger partial charge is 0.480 e. The van der Waals surface area contributed by atoms with Crippen molar-refractivity contribution in [3.63, 3.8) is 0 Å². The predicted octanol–water partition coefficient (Wildman–Crippen LogP) is 2.44. The molecule has 1 fully saturated rings. The molecule has 110 valence electrons. The van der Waals surface area contributed by atoms with Gasteiger partial charge in [0.05, 0.1) is 0 Å². The van der Waals surface area contributed by atoms with Crippen LogP contribution in [-0.4, -0.2) is 22.9 Å². The van der Waals surface area contributed by atoms with Gasteiger partial charge in [-0.2, -0.15) is 0 Å². The maximum atomic E-state index is 11.9. The van der Waals surface area contributed by atoms with E-state index in [0.29, 0.717) is 31.0 Å². The van der Waals surface area contributed by atoms with Crippen molar-refractivity contribution in [3.8, 4) is 0 Å². The van der Waals surface area contributed by atoms with Gasteiger partial charge in [0, 0.05) is 18.3 Å². The second kappa shape index (κ2) is 6.35. The Morgan fingerprint density at radius 2 is 1.95 bits per heavy atom. The maximum Gasteiger partial charge on any atom is 0.320 e. The van der Waals surface area contributed by atoms with Crippen molar-refractivity contribution in [1.82, 2.24) is 0 Å². The molecule has 3 N–H and O–H groups in total. The summed E-state index contributed by atoms with van der Waals surface area (Å²) in [7, 11) is 0. The van der Waals surface area contributed by atoms with Gasteiger partial charge in [-0.3, -0.25) is 9.59 Å². The lowest BCUT2D eigenvalue weighted by Crippen LogP contribution is -2.29. The zero-order valence-electron chi connectivity index (χ0n) is 11.8. The highest BCUT2D eigenvalue weighted by Crippen LogP contribution is 2.58. The second-order valence-electron chi connectivity index (χ2n) is 6.02. The first-order chi connectivity index (χ1) is 9.53. The number of unbranched alkanes of at least 4 members (excludes halogenated alkanes) is 2. The standard InChI is InChI=1S/C16H23NO3/c17-14(15(19)20)7-3-1-2-6-13(18)10-12-11-16(12)8-4-5-9-16/h4-5,8-9,12,14H,1-3,6-7,10-11,17H2,(H,19,20)/t12?,14-/m0/s1. The number of carbonyl (C=O) groups excluding carboxylic acids is 1. The Morgan fingerprint density at radius 3 is 2.60 bits per heavy atom. The van der Waals surface area contributed by atoms with Gasteiger partial charge in [-0.25, -0.2) is 0 Å². The van der Waals surface area contributed by atoms with Crippen molar-refractivity contribution >= 4 is 11.8 Å². The van der Waals surface area contributed by atoms with Crippen molar-refractivity contribution in [1.29, 1.82) is 0 Å². The Bertz CT molecular complexity index is 427. The molecule has 0 amide bonds. The number of allylic oxidation sites excluding steroid dienone is 4. The Morgan fingerprint density at radius 1 is 1.25 bits per heavy atom. The van der Waals surface area contributed by atoms with Gasteiger partial charge in [0.25, 0.3) is 0 Å². The van der Waals surface area contributed by atoms with Crippen molar-refractivity contribution < 1.29 is 14.7 Å². The molecule has 0 aliphatic heterocycles. The first-order valence-corrected chi connectivity index (χ1v) is 7.41. The van der Waals surface area contributed by atoms with Crippen LogP contribution < -0.4 is 5.73 Å². The van der Waals surface area contributed by atoms with Crippen LogP contribution in [-0.2, 0) is 9.59 Å². The molecule has 4 nitrogen and oxygen atoms in total. The van der Waals surface area contributed by atoms with E-state index in [4.69, 9.17) is 10.8 Å². The van der Waals surface area contributed by atoms with Crippen molar-refractivity contribution in [2.75, 3.05) is 0 Å². The van der Waals surface area contributed by atoms with Crippen molar-refractivity contribution in [2.45, 2.75) is 51.0 Å². The summed E-state index contributed by atoms with van der Waals surface area (Å²) in [6.07, 6.45) is 13.9. The van der Waals surface area contributed by atoms with Crippen LogP contribution in [0, 0.1) is 11.3 Å². The third-order valence-corrected chi connectivity index (χ3v) is 4.39. The number of ketones is 1. The van der Waals surface area contributed by atoms with Gasteiger partial charge in [-0.05, 0) is 25.2 Å². The van der Waals surface area contributed by atoms with Gasteiger partial charge in [-0.15, -0.1) is 0 Å². The van der Waals surface area contributed by atoms with Crippen LogP contribution in [0.4, 0.5) is 0 Å². The van der Waals surface area contributed by atoms with Gasteiger partial charge in [0.15, 0.2) is 0 Å². The normalized spacial score (nSPS) is 23.1. The minimum Gasteiger partial charge on any atom is -0.480 e. The Kier molecular flexibility index (Phi) is 4.76. The van der Waals surface area contributed by atoms with E-state index < -0.39 is 12.0 Å². The number of hydrogen-bond acceptors (Lipinski definition) is 3. The number of hydrogen-bond donors (Lipinski definition) is 2. The van der Waals surface area contributed by atoms with Crippen molar-refractivity contribution in [2.24, 2.45) is 17.1 Å². The van der Waals surface area contributed by atoms with E-state index >= 15 is 0 Å². The van der Waals surface area contributed by atoms with Gasteiger partial charge in [0.2, 0.25) is 0 Å². The fourth-order valence-corrected chi connectivity index (χ4v) is 2.93. The summed E-state index contributed by atoms with van der Waals surface area (Å²) in [6, 6.07) is -0.766. The lowest BCUT2D eigenvalue weighted by molar-refractivity contribution is -0.138. The number of Topliss-reactive ketones (excluding diaryl/α,β-unsaturated/α-hetero) is 1. The summed E-state index contributed by atoms with van der Waals surface area (Å²) in [5.74, 6) is -0.105. The summed E-state index contributed by atoms with van der Waals surface area (Å²) in [5, 5.41) is 8.64. The summed E-state index contributed by atoms with van der Waals surface area (Å²) in [4.78, 5) is 22.4. The topological polar surface area (TPSA) is 80.4 Å². The molecule has 2 aliphatic rings. The van der Waals surface area contributed by atoms with E-state index in [1.54, 1.807) is 0 Å². The minimum atomic E-state index is -0.946. The molecule has 0 aromatic heterocycles. The van der Waals surface area contributed by atoms with Crippen LogP contribution in [0.2, 0.25) is 0 Å². The van der Waals surface area contributed by atoms with E-state index in [2.05, 4.69) is 24.3 Å². The molecule has 0 aromatic rings. The highest BCUT2D eigenvalue weighted by Gasteiger charge is 2.51. The monoisotopic (exact) mass is 277 g/mol. The van der Waals surface area contributed by atoms with Crippen LogP contribution in [0.3, 0.4) is 0 Å². The van der Waals surface area contributed by atoms with Crippen LogP contribution in [0.25, 0.3) is 0 Å². The molecular formula is C16H23NO3. The van der Waals surface area contributed by atoms with Crippen LogP contribution in [0.15, 0.2) is 24.3 Å². The van der Waals surface area contributed by atoms with E-state index in [-0.39, 0.29) is 5.41 Å². The molecule has 1 spiro atoms. The number of carboxylic acid groups (broad SMARTS) is 1. The zero-order valence-corrected chi connectivity index (χ0v) is 11.8. The molecule has 4 heteroatoms. The SMILES string of the molecule is N[C@@H](CCCCCC(=O)CC1CC12C=CC=C2)C(=O)O. The van der Waals surface area contributed by atoms with Crippen molar-refractivity contribution in [3.05, 3.63) is 24.3 Å². The van der Waals surface area contributed by atoms with Gasteiger partial charge in [0.1, 0.15) is 11.8 Å². The molecule has 0 radical (unpaired) electrons. The number of carboxylic acids is 1. The smallest absolute Gasteiger partial charge is 0.320 e. The Hall–Kier alpha value is -1.42. The van der Waals surface area contributed by atoms with Crippen LogP contribution in [0.1, 0.15) is 44.9 Å². The Balaban J connectivity index is 1.52.